The van der Waals surface area contributed by atoms with Crippen LogP contribution in [-0.4, -0.2) is 21.8 Å². The van der Waals surface area contributed by atoms with E-state index in [0.717, 1.165) is 5.56 Å². The predicted molar refractivity (Wildman–Crippen MR) is 69.3 cm³/mol. The molecule has 0 aliphatic rings. The van der Waals surface area contributed by atoms with E-state index in [2.05, 4.69) is 15.3 Å². The zero-order valence-electron chi connectivity index (χ0n) is 9.69. The number of nitrogens with two attached hydrogens (primary N) is 1. The van der Waals surface area contributed by atoms with Crippen molar-refractivity contribution in [1.82, 2.24) is 9.97 Å². The molecule has 0 aliphatic carbocycles. The summed E-state index contributed by atoms with van der Waals surface area (Å²) < 4.78 is 0. The number of H-pyrrole nitrogens is 1. The van der Waals surface area contributed by atoms with Gasteiger partial charge in [0.25, 0.3) is 5.91 Å². The fourth-order valence-electron chi connectivity index (χ4n) is 1.36. The first-order valence-corrected chi connectivity index (χ1v) is 6.22. The summed E-state index contributed by atoms with van der Waals surface area (Å²) in [5.74, 6) is -0.598. The van der Waals surface area contributed by atoms with Crippen molar-refractivity contribution in [1.29, 1.82) is 0 Å². The highest BCUT2D eigenvalue weighted by molar-refractivity contribution is 7.14. The number of nitrogens with zero attached hydrogens (tertiary/aromatic N) is 1. The minimum absolute atomic E-state index is 0.0807. The Morgan fingerprint density at radius 3 is 2.94 bits per heavy atom. The van der Waals surface area contributed by atoms with Crippen LogP contribution >= 0.6 is 11.3 Å². The van der Waals surface area contributed by atoms with Crippen LogP contribution in [0.15, 0.2) is 17.6 Å². The van der Waals surface area contributed by atoms with E-state index in [1.165, 1.54) is 11.3 Å². The first-order valence-electron chi connectivity index (χ1n) is 5.34. The van der Waals surface area contributed by atoms with Crippen LogP contribution < -0.4 is 11.1 Å². The fraction of sp³-hybridized carbons (Fsp3) is 0.182. The molecule has 2 heterocycles. The Balaban J connectivity index is 2.18. The van der Waals surface area contributed by atoms with E-state index in [-0.39, 0.29) is 5.91 Å². The summed E-state index contributed by atoms with van der Waals surface area (Å²) in [6.45, 7) is 1.77. The Morgan fingerprint density at radius 2 is 2.33 bits per heavy atom. The van der Waals surface area contributed by atoms with Gasteiger partial charge in [-0.05, 0) is 6.07 Å². The van der Waals surface area contributed by atoms with E-state index in [4.69, 9.17) is 5.73 Å². The molecular weight excluding hydrogens is 252 g/mol. The van der Waals surface area contributed by atoms with Crippen molar-refractivity contribution in [3.63, 3.8) is 0 Å². The smallest absolute Gasteiger partial charge is 0.265 e. The van der Waals surface area contributed by atoms with Crippen molar-refractivity contribution in [2.45, 2.75) is 13.3 Å². The zero-order valence-corrected chi connectivity index (χ0v) is 10.5. The highest BCUT2D eigenvalue weighted by Gasteiger charge is 2.10. The Hall–Kier alpha value is -2.15. The summed E-state index contributed by atoms with van der Waals surface area (Å²) in [7, 11) is 0. The highest BCUT2D eigenvalue weighted by Crippen LogP contribution is 2.25. The molecule has 6 nitrogen and oxygen atoms in total. The fourth-order valence-corrected chi connectivity index (χ4v) is 2.09. The molecule has 0 unspecified atom stereocenters. The van der Waals surface area contributed by atoms with Crippen molar-refractivity contribution in [3.8, 4) is 11.3 Å². The molecule has 0 saturated heterocycles. The molecule has 0 bridgehead atoms. The van der Waals surface area contributed by atoms with Crippen LogP contribution in [0.3, 0.4) is 0 Å². The average molecular weight is 264 g/mol. The quantitative estimate of drug-likeness (QED) is 0.781. The molecule has 0 aliphatic heterocycles. The third kappa shape index (κ3) is 2.57. The van der Waals surface area contributed by atoms with Gasteiger partial charge in [0, 0.05) is 23.6 Å². The molecule has 0 fully saturated rings. The van der Waals surface area contributed by atoms with Crippen LogP contribution in [0, 0.1) is 0 Å². The normalized spacial score (nSPS) is 10.3. The molecule has 2 amide bonds. The first kappa shape index (κ1) is 12.3. The highest BCUT2D eigenvalue weighted by atomic mass is 32.1. The van der Waals surface area contributed by atoms with E-state index in [9.17, 15) is 9.59 Å². The maximum Gasteiger partial charge on any atom is 0.265 e. The van der Waals surface area contributed by atoms with Gasteiger partial charge in [0.15, 0.2) is 5.13 Å². The van der Waals surface area contributed by atoms with Crippen molar-refractivity contribution in [2.24, 2.45) is 5.73 Å². The van der Waals surface area contributed by atoms with E-state index in [1.807, 2.05) is 0 Å². The second-order valence-corrected chi connectivity index (χ2v) is 4.46. The first-order chi connectivity index (χ1) is 8.60. The summed E-state index contributed by atoms with van der Waals surface area (Å²) in [5.41, 5.74) is 6.93. The van der Waals surface area contributed by atoms with E-state index in [0.29, 0.717) is 22.9 Å². The monoisotopic (exact) mass is 264 g/mol. The van der Waals surface area contributed by atoms with Gasteiger partial charge in [0.2, 0.25) is 5.91 Å². The number of nitrogens with one attached hydrogen (secondary N) is 2. The number of amides is 2. The summed E-state index contributed by atoms with van der Waals surface area (Å²) in [4.78, 5) is 29.2. The molecule has 0 spiro atoms. The number of carbonyl (C=O) groups excluding carboxylic acids is 2. The van der Waals surface area contributed by atoms with E-state index < -0.39 is 5.91 Å². The molecule has 4 N–H and O–H groups in total. The van der Waals surface area contributed by atoms with Crippen molar-refractivity contribution in [2.75, 3.05) is 5.32 Å². The molecule has 0 saturated carbocycles. The third-order valence-corrected chi connectivity index (χ3v) is 3.07. The Morgan fingerprint density at radius 1 is 1.56 bits per heavy atom. The Bertz CT molecular complexity index is 587. The number of thiazole rings is 1. The number of aromatic nitrogens is 2. The maximum atomic E-state index is 11.2. The molecule has 2 aromatic rings. The molecule has 0 aromatic carbocycles. The zero-order chi connectivity index (χ0) is 13.1. The lowest BCUT2D eigenvalue weighted by Gasteiger charge is -1.96. The topological polar surface area (TPSA) is 101 Å². The summed E-state index contributed by atoms with van der Waals surface area (Å²) in [5, 5.41) is 5.02. The maximum absolute atomic E-state index is 11.2. The molecule has 2 rings (SSSR count). The van der Waals surface area contributed by atoms with E-state index >= 15 is 0 Å². The lowest BCUT2D eigenvalue weighted by Crippen LogP contribution is -2.10. The summed E-state index contributed by atoms with van der Waals surface area (Å²) >= 11 is 1.33. The van der Waals surface area contributed by atoms with E-state index in [1.54, 1.807) is 24.6 Å². The summed E-state index contributed by atoms with van der Waals surface area (Å²) in [6.07, 6.45) is 2.06. The molecule has 94 valence electrons. The molecule has 18 heavy (non-hydrogen) atoms. The number of hydrogen-bond acceptors (Lipinski definition) is 4. The van der Waals surface area contributed by atoms with Crippen LogP contribution in [0.2, 0.25) is 0 Å². The average Bonchev–Trinajstić information content (AvgIpc) is 2.96. The molecule has 2 aromatic heterocycles. The van der Waals surface area contributed by atoms with Gasteiger partial charge in [-0.15, -0.1) is 11.3 Å². The molecule has 0 atom stereocenters. The molecule has 7 heteroatoms. The van der Waals surface area contributed by atoms with Gasteiger partial charge < -0.3 is 16.0 Å². The standard InChI is InChI=1S/C11H12N4O2S/c1-2-9(16)15-11-14-8(5-18-11)6-3-7(10(12)17)13-4-6/h3-5,13H,2H2,1H3,(H2,12,17)(H,14,15,16). The van der Waals surface area contributed by atoms with Gasteiger partial charge in [-0.3, -0.25) is 9.59 Å². The number of primary amides is 1. The van der Waals surface area contributed by atoms with Gasteiger partial charge in [-0.1, -0.05) is 6.92 Å². The number of rotatable bonds is 4. The van der Waals surface area contributed by atoms with Crippen molar-refractivity contribution >= 4 is 28.3 Å². The van der Waals surface area contributed by atoms with Gasteiger partial charge in [-0.2, -0.15) is 0 Å². The second-order valence-electron chi connectivity index (χ2n) is 3.61. The van der Waals surface area contributed by atoms with Gasteiger partial charge >= 0.3 is 0 Å². The Labute approximate surface area is 107 Å². The molecular formula is C11H12N4O2S. The lowest BCUT2D eigenvalue weighted by molar-refractivity contribution is -0.115. The molecule has 0 radical (unpaired) electrons. The third-order valence-electron chi connectivity index (χ3n) is 2.32. The second kappa shape index (κ2) is 5.01. The van der Waals surface area contributed by atoms with Crippen LogP contribution in [0.5, 0.6) is 0 Å². The predicted octanol–water partition coefficient (Wildman–Crippen LogP) is 1.59. The van der Waals surface area contributed by atoms with Crippen LogP contribution in [0.1, 0.15) is 23.8 Å². The van der Waals surface area contributed by atoms with Crippen molar-refractivity contribution in [3.05, 3.63) is 23.3 Å². The van der Waals surface area contributed by atoms with Gasteiger partial charge in [0.1, 0.15) is 5.69 Å². The lowest BCUT2D eigenvalue weighted by atomic mass is 10.2. The Kier molecular flexibility index (Phi) is 3.42. The number of anilines is 1. The van der Waals surface area contributed by atoms with Crippen molar-refractivity contribution < 1.29 is 9.59 Å². The van der Waals surface area contributed by atoms with Gasteiger partial charge in [-0.25, -0.2) is 4.98 Å². The summed E-state index contributed by atoms with van der Waals surface area (Å²) in [6, 6.07) is 1.63. The van der Waals surface area contributed by atoms with Gasteiger partial charge in [0.05, 0.1) is 5.69 Å². The number of carbonyl (C=O) groups is 2. The van der Waals surface area contributed by atoms with Crippen LogP contribution in [0.4, 0.5) is 5.13 Å². The number of aromatic amines is 1. The largest absolute Gasteiger partial charge is 0.364 e. The minimum Gasteiger partial charge on any atom is -0.364 e. The van der Waals surface area contributed by atoms with Crippen LogP contribution in [-0.2, 0) is 4.79 Å². The SMILES string of the molecule is CCC(=O)Nc1nc(-c2c[nH]c(C(N)=O)c2)cs1. The number of hydrogen-bond donors (Lipinski definition) is 3. The van der Waals surface area contributed by atoms with Crippen LogP contribution in [0.25, 0.3) is 11.3 Å². The minimum atomic E-state index is -0.518.